The van der Waals surface area contributed by atoms with Gasteiger partial charge in [-0.25, -0.2) is 44.9 Å². The van der Waals surface area contributed by atoms with E-state index in [1.165, 1.54) is 66.0 Å². The molecule has 0 fully saturated rings. The van der Waals surface area contributed by atoms with Gasteiger partial charge in [-0.3, -0.25) is 20.0 Å². The minimum Gasteiger partial charge on any atom is -0.449 e. The summed E-state index contributed by atoms with van der Waals surface area (Å²) in [7, 11) is 3.70. The molecule has 13 aromatic rings. The standard InChI is InChI=1S/2C5H7NO.C5H7NS.2C4H6N2O.3C4H6N2S.5C3H5N3.5C2H6/c3*1-4-5(2)7-3-6-4;2*1-3-5-4(2)7-6-3;1-3-5-6-4(2)7-3;2*1-3-5-4(2)7-6-3;1-6-2-4-5-3-6;1-6-3-4-2-5-6;3*1-3-4-2-5-6-3;5*1-2/h3*3H,1-2H3;5*1-2H3;2*2-3H,1H3;3*2H,1H3,(H,4,5,6);5*1-2H3. The van der Waals surface area contributed by atoms with Crippen LogP contribution in [0.5, 0.6) is 0 Å². The first kappa shape index (κ1) is 95.4. The van der Waals surface area contributed by atoms with Gasteiger partial charge in [-0.15, -0.1) is 43.1 Å². The maximum atomic E-state index is 4.85. The van der Waals surface area contributed by atoms with Crippen LogP contribution in [0.25, 0.3) is 0 Å². The molecule has 0 saturated heterocycles. The van der Waals surface area contributed by atoms with E-state index in [4.69, 9.17) is 8.83 Å². The highest BCUT2D eigenvalue weighted by Crippen LogP contribution is 2.08. The Hall–Kier alpha value is -9.29. The first-order chi connectivity index (χ1) is 45.8. The zero-order valence-corrected chi connectivity index (χ0v) is 65.5. The molecule has 3 N–H and O–H groups in total. The van der Waals surface area contributed by atoms with Gasteiger partial charge in [-0.1, -0.05) is 79.6 Å². The van der Waals surface area contributed by atoms with Gasteiger partial charge in [0, 0.05) is 32.8 Å². The van der Waals surface area contributed by atoms with Crippen LogP contribution in [-0.2, 0) is 14.1 Å². The summed E-state index contributed by atoms with van der Waals surface area (Å²) in [5.74, 6) is 8.76. The third-order valence-electron chi connectivity index (χ3n) is 8.77. The van der Waals surface area contributed by atoms with Gasteiger partial charge < -0.3 is 22.4 Å². The first-order valence-corrected chi connectivity index (χ1v) is 33.5. The molecule has 13 rings (SSSR count). The van der Waals surface area contributed by atoms with Gasteiger partial charge in [-0.2, -0.15) is 39.1 Å². The Bertz CT molecular complexity index is 2930. The number of aromatic amines is 3. The number of nitrogens with zero attached hydrogens (tertiary/aromatic N) is 25. The van der Waals surface area contributed by atoms with Crippen LogP contribution in [0.4, 0.5) is 0 Å². The summed E-state index contributed by atoms with van der Waals surface area (Å²) in [6.07, 6.45) is 13.8. The van der Waals surface area contributed by atoms with Gasteiger partial charge in [-0.05, 0) is 141 Å². The largest absolute Gasteiger partial charge is 0.449 e. The van der Waals surface area contributed by atoms with E-state index in [1.807, 2.05) is 186 Å². The number of hydrogen-bond donors (Lipinski definition) is 3. The Labute approximate surface area is 583 Å². The van der Waals surface area contributed by atoms with Crippen molar-refractivity contribution in [3.05, 3.63) is 169 Å². The van der Waals surface area contributed by atoms with E-state index in [9.17, 15) is 0 Å². The summed E-state index contributed by atoms with van der Waals surface area (Å²) in [6.45, 7) is 56.0. The van der Waals surface area contributed by atoms with Crippen molar-refractivity contribution in [1.82, 2.24) is 139 Å². The molecule has 534 valence electrons. The molecule has 0 aromatic carbocycles. The fraction of sp³-hybridized carbons (Fsp3) is 0.517. The maximum absolute atomic E-state index is 4.85. The van der Waals surface area contributed by atoms with Crippen LogP contribution in [0, 0.1) is 132 Å². The fourth-order valence-corrected chi connectivity index (χ4v) is 6.54. The minimum atomic E-state index is 0.623. The average molecular weight is 1410 g/mol. The number of aromatic nitrogens is 28. The lowest BCUT2D eigenvalue weighted by molar-refractivity contribution is 0.389. The van der Waals surface area contributed by atoms with Gasteiger partial charge in [0.2, 0.25) is 11.8 Å². The number of hydrogen-bond acceptors (Lipinski definition) is 31. The summed E-state index contributed by atoms with van der Waals surface area (Å²) in [6, 6.07) is 0. The molecule has 96 heavy (non-hydrogen) atoms. The van der Waals surface area contributed by atoms with Crippen molar-refractivity contribution in [2.45, 2.75) is 201 Å². The van der Waals surface area contributed by atoms with Crippen LogP contribution < -0.4 is 0 Å². The van der Waals surface area contributed by atoms with Gasteiger partial charge in [0.15, 0.2) is 24.4 Å². The van der Waals surface area contributed by atoms with E-state index in [2.05, 4.69) is 146 Å². The highest BCUT2D eigenvalue weighted by Gasteiger charge is 1.94. The van der Waals surface area contributed by atoms with E-state index >= 15 is 0 Å². The van der Waals surface area contributed by atoms with Gasteiger partial charge >= 0.3 is 0 Å². The molecule has 0 saturated carbocycles. The number of thiazole rings is 1. The van der Waals surface area contributed by atoms with E-state index < -0.39 is 0 Å². The predicted octanol–water partition coefficient (Wildman–Crippen LogP) is 14.3. The number of nitrogens with one attached hydrogen (secondary N) is 3. The smallest absolute Gasteiger partial charge is 0.223 e. The Morgan fingerprint density at radius 1 is 0.406 bits per heavy atom. The molecule has 0 spiro atoms. The highest BCUT2D eigenvalue weighted by atomic mass is 32.1. The molecule has 0 aliphatic carbocycles. The number of oxazole rings is 2. The highest BCUT2D eigenvalue weighted by molar-refractivity contribution is 7.11. The Morgan fingerprint density at radius 3 is 0.865 bits per heavy atom. The molecule has 0 amide bonds. The Morgan fingerprint density at radius 2 is 0.781 bits per heavy atom. The van der Waals surface area contributed by atoms with Crippen molar-refractivity contribution in [3.8, 4) is 0 Å². The van der Waals surface area contributed by atoms with Crippen molar-refractivity contribution < 1.29 is 17.9 Å². The molecule has 13 heterocycles. The molecular formula is C60H106N28O4S4. The molecule has 36 heteroatoms. The summed E-state index contributed by atoms with van der Waals surface area (Å²) in [4.78, 5) is 43.7. The van der Waals surface area contributed by atoms with Crippen LogP contribution in [0.3, 0.4) is 0 Å². The molecule has 13 aromatic heterocycles. The van der Waals surface area contributed by atoms with Crippen LogP contribution in [-0.4, -0.2) is 139 Å². The lowest BCUT2D eigenvalue weighted by atomic mass is 10.4. The van der Waals surface area contributed by atoms with E-state index in [-0.39, 0.29) is 0 Å². The fourth-order valence-electron chi connectivity index (χ4n) is 4.40. The molecule has 0 aliphatic rings. The Balaban J connectivity index is -0.000000308. The van der Waals surface area contributed by atoms with Crippen molar-refractivity contribution in [1.29, 1.82) is 0 Å². The summed E-state index contributed by atoms with van der Waals surface area (Å²) < 4.78 is 30.2. The molecule has 32 nitrogen and oxygen atoms in total. The number of aryl methyl sites for hydroxylation is 21. The quantitative estimate of drug-likeness (QED) is 0.127. The summed E-state index contributed by atoms with van der Waals surface area (Å²) in [5.41, 5.74) is 4.97. The SMILES string of the molecule is CC.CC.CC.CC.CC.Cc1ncn[nH]1.Cc1ncn[nH]1.Cc1ncn[nH]1.Cc1ncoc1C.Cc1ncoc1C.Cc1ncsc1C.Cc1nnc(C)s1.Cc1noc(C)n1.Cc1noc(C)n1.Cc1nsc(C)n1.Cc1nsc(C)n1.Cn1cncn1.Cn1cnnc1. The van der Waals surface area contributed by atoms with Crippen molar-refractivity contribution in [2.75, 3.05) is 0 Å². The maximum Gasteiger partial charge on any atom is 0.223 e. The summed E-state index contributed by atoms with van der Waals surface area (Å²) in [5, 5.41) is 48.3. The predicted molar refractivity (Wildman–Crippen MR) is 381 cm³/mol. The average Bonchev–Trinajstić information content (AvgIpc) is 4.27. The number of rotatable bonds is 0. The lowest BCUT2D eigenvalue weighted by Gasteiger charge is -1.77. The van der Waals surface area contributed by atoms with Crippen molar-refractivity contribution in [3.63, 3.8) is 0 Å². The van der Waals surface area contributed by atoms with Gasteiger partial charge in [0.1, 0.15) is 105 Å². The topological polar surface area (TPSA) is 406 Å². The normalized spacial score (nSPS) is 8.57. The molecule has 0 bridgehead atoms. The van der Waals surface area contributed by atoms with Crippen LogP contribution in [0.15, 0.2) is 80.5 Å². The van der Waals surface area contributed by atoms with Crippen molar-refractivity contribution >= 4 is 45.7 Å². The van der Waals surface area contributed by atoms with Gasteiger partial charge in [0.25, 0.3) is 0 Å². The van der Waals surface area contributed by atoms with E-state index in [1.54, 1.807) is 78.6 Å². The summed E-state index contributed by atoms with van der Waals surface area (Å²) >= 11 is 6.20. The molecule has 0 unspecified atom stereocenters. The second-order valence-corrected chi connectivity index (χ2v) is 21.0. The minimum absolute atomic E-state index is 0.623. The number of H-pyrrole nitrogens is 3. The van der Waals surface area contributed by atoms with Crippen LogP contribution >= 0.6 is 45.7 Å². The van der Waals surface area contributed by atoms with Gasteiger partial charge in [0.05, 0.1) is 22.6 Å². The Kier molecular flexibility index (Phi) is 64.0. The molecule has 0 aliphatic heterocycles. The lowest BCUT2D eigenvalue weighted by Crippen LogP contribution is -1.83. The zero-order valence-electron chi connectivity index (χ0n) is 62.2. The third-order valence-corrected chi connectivity index (χ3v) is 11.8. The second-order valence-electron chi connectivity index (χ2n) is 16.7. The second kappa shape index (κ2) is 64.4. The van der Waals surface area contributed by atoms with Crippen LogP contribution in [0.2, 0.25) is 0 Å². The molecular weight excluding hydrogens is 1310 g/mol. The monoisotopic (exact) mass is 1410 g/mol. The zero-order chi connectivity index (χ0) is 74.2. The first-order valence-electron chi connectivity index (χ1n) is 30.3. The van der Waals surface area contributed by atoms with E-state index in [0.29, 0.717) is 23.4 Å². The van der Waals surface area contributed by atoms with E-state index in [0.717, 1.165) is 77.8 Å². The van der Waals surface area contributed by atoms with Crippen LogP contribution in [0.1, 0.15) is 175 Å². The molecule has 0 radical (unpaired) electrons. The molecule has 0 atom stereocenters. The van der Waals surface area contributed by atoms with Crippen molar-refractivity contribution in [2.24, 2.45) is 14.1 Å². The third kappa shape index (κ3) is 58.5.